The van der Waals surface area contributed by atoms with Gasteiger partial charge in [-0.15, -0.1) is 0 Å². The lowest BCUT2D eigenvalue weighted by Gasteiger charge is -2.04. The molecule has 0 radical (unpaired) electrons. The van der Waals surface area contributed by atoms with Crippen molar-refractivity contribution in [2.24, 2.45) is 0 Å². The fraction of sp³-hybridized carbons (Fsp3) is 0.375. The van der Waals surface area contributed by atoms with Gasteiger partial charge in [-0.1, -0.05) is 22.5 Å². The number of amides is 3. The van der Waals surface area contributed by atoms with E-state index in [9.17, 15) is 14.4 Å². The summed E-state index contributed by atoms with van der Waals surface area (Å²) in [5, 5.41) is 12.6. The van der Waals surface area contributed by atoms with Crippen molar-refractivity contribution in [2.75, 3.05) is 6.54 Å². The molecule has 0 rings (SSSR count). The van der Waals surface area contributed by atoms with E-state index in [2.05, 4.69) is 27.8 Å². The summed E-state index contributed by atoms with van der Waals surface area (Å²) >= 11 is 3.02. The van der Waals surface area contributed by atoms with Gasteiger partial charge in [0.05, 0.1) is 13.0 Å². The number of aliphatic carboxylic acids is 1. The number of halogens is 1. The van der Waals surface area contributed by atoms with Crippen molar-refractivity contribution in [1.82, 2.24) is 10.6 Å². The first kappa shape index (κ1) is 13.6. The lowest BCUT2D eigenvalue weighted by Crippen LogP contribution is -2.39. The molecule has 6 nitrogen and oxygen atoms in total. The predicted octanol–water partition coefficient (Wildman–Crippen LogP) is 0.586. The largest absolute Gasteiger partial charge is 0.481 e. The van der Waals surface area contributed by atoms with Crippen molar-refractivity contribution in [3.8, 4) is 0 Å². The van der Waals surface area contributed by atoms with Crippen molar-refractivity contribution >= 4 is 33.8 Å². The Kier molecular flexibility index (Phi) is 6.35. The third kappa shape index (κ3) is 8.95. The van der Waals surface area contributed by atoms with Gasteiger partial charge in [0.25, 0.3) is 0 Å². The molecule has 3 amide bonds. The Hall–Kier alpha value is -1.37. The summed E-state index contributed by atoms with van der Waals surface area (Å²) in [6.07, 6.45) is -0.526. The summed E-state index contributed by atoms with van der Waals surface area (Å²) < 4.78 is 0.565. The van der Waals surface area contributed by atoms with Gasteiger partial charge in [-0.2, -0.15) is 0 Å². The summed E-state index contributed by atoms with van der Waals surface area (Å²) in [5.41, 5.74) is 0. The molecule has 84 valence electrons. The molecule has 7 heteroatoms. The van der Waals surface area contributed by atoms with Gasteiger partial charge in [0.2, 0.25) is 5.91 Å². The molecule has 0 aromatic rings. The minimum absolute atomic E-state index is 0.193. The molecule has 0 bridgehead atoms. The van der Waals surface area contributed by atoms with Crippen LogP contribution in [0.25, 0.3) is 0 Å². The van der Waals surface area contributed by atoms with E-state index in [1.165, 1.54) is 0 Å². The normalized spacial score (nSPS) is 9.13. The van der Waals surface area contributed by atoms with E-state index in [1.807, 2.05) is 5.32 Å². The van der Waals surface area contributed by atoms with Crippen LogP contribution < -0.4 is 10.6 Å². The fourth-order valence-corrected chi connectivity index (χ4v) is 0.770. The lowest BCUT2D eigenvalue weighted by atomic mass is 10.3. The Morgan fingerprint density at radius 3 is 2.33 bits per heavy atom. The molecular weight excluding hydrogens is 268 g/mol. The maximum atomic E-state index is 11.0. The smallest absolute Gasteiger partial charge is 0.321 e. The number of hydrogen-bond donors (Lipinski definition) is 3. The minimum Gasteiger partial charge on any atom is -0.481 e. The van der Waals surface area contributed by atoms with E-state index >= 15 is 0 Å². The molecule has 15 heavy (non-hydrogen) atoms. The van der Waals surface area contributed by atoms with E-state index in [4.69, 9.17) is 5.11 Å². The van der Waals surface area contributed by atoms with Crippen LogP contribution in [-0.4, -0.2) is 29.6 Å². The molecule has 0 aliphatic carbocycles. The number of carbonyl (C=O) groups excluding carboxylic acids is 2. The zero-order valence-corrected chi connectivity index (χ0v) is 9.46. The average molecular weight is 279 g/mol. The first-order valence-corrected chi connectivity index (χ1v) is 4.84. The van der Waals surface area contributed by atoms with E-state index < -0.39 is 17.9 Å². The molecule has 0 saturated heterocycles. The van der Waals surface area contributed by atoms with Crippen LogP contribution >= 0.6 is 15.9 Å². The van der Waals surface area contributed by atoms with E-state index in [0.29, 0.717) is 4.48 Å². The van der Waals surface area contributed by atoms with Gasteiger partial charge < -0.3 is 10.4 Å². The van der Waals surface area contributed by atoms with Crippen LogP contribution in [0.2, 0.25) is 0 Å². The predicted molar refractivity (Wildman–Crippen MR) is 56.5 cm³/mol. The Bertz CT molecular complexity index is 262. The third-order valence-electron chi connectivity index (χ3n) is 1.26. The first-order valence-electron chi connectivity index (χ1n) is 4.04. The molecule has 0 aliphatic rings. The van der Waals surface area contributed by atoms with Crippen LogP contribution in [0, 0.1) is 0 Å². The molecule has 0 heterocycles. The number of carboxylic acid groups (broad SMARTS) is 1. The minimum atomic E-state index is -1.08. The van der Waals surface area contributed by atoms with Gasteiger partial charge in [0.15, 0.2) is 0 Å². The van der Waals surface area contributed by atoms with Gasteiger partial charge in [-0.05, 0) is 0 Å². The van der Waals surface area contributed by atoms with Crippen LogP contribution in [-0.2, 0) is 9.59 Å². The second-order valence-electron chi connectivity index (χ2n) is 2.64. The van der Waals surface area contributed by atoms with E-state index in [0.717, 1.165) is 0 Å². The average Bonchev–Trinajstić information content (AvgIpc) is 2.11. The standard InChI is InChI=1S/C8H11BrN2O4/c1-5(9)4-10-8(15)11-6(12)2-3-7(13)14/h1-4H2,(H,13,14)(H2,10,11,12,15). The van der Waals surface area contributed by atoms with Gasteiger partial charge in [-0.3, -0.25) is 14.9 Å². The summed E-state index contributed by atoms with van der Waals surface area (Å²) in [7, 11) is 0. The highest BCUT2D eigenvalue weighted by Gasteiger charge is 2.08. The number of rotatable bonds is 5. The molecule has 0 aromatic carbocycles. The van der Waals surface area contributed by atoms with Gasteiger partial charge in [-0.25, -0.2) is 4.79 Å². The highest BCUT2D eigenvalue weighted by atomic mass is 79.9. The van der Waals surface area contributed by atoms with Crippen molar-refractivity contribution in [3.63, 3.8) is 0 Å². The number of carboxylic acids is 1. The van der Waals surface area contributed by atoms with E-state index in [1.54, 1.807) is 0 Å². The van der Waals surface area contributed by atoms with Crippen molar-refractivity contribution in [3.05, 3.63) is 11.1 Å². The van der Waals surface area contributed by atoms with Crippen molar-refractivity contribution in [2.45, 2.75) is 12.8 Å². The molecule has 0 aliphatic heterocycles. The molecule has 0 saturated carbocycles. The SMILES string of the molecule is C=C(Br)CNC(=O)NC(=O)CCC(=O)O. The van der Waals surface area contributed by atoms with Crippen LogP contribution in [0.5, 0.6) is 0 Å². The first-order chi connectivity index (χ1) is 6.91. The van der Waals surface area contributed by atoms with Crippen LogP contribution in [0.3, 0.4) is 0 Å². The molecular formula is C8H11BrN2O4. The third-order valence-corrected chi connectivity index (χ3v) is 1.54. The molecule has 0 aromatic heterocycles. The Labute approximate surface area is 94.9 Å². The maximum absolute atomic E-state index is 11.0. The van der Waals surface area contributed by atoms with Gasteiger partial charge in [0, 0.05) is 10.9 Å². The van der Waals surface area contributed by atoms with Crippen LogP contribution in [0.1, 0.15) is 12.8 Å². The highest BCUT2D eigenvalue weighted by molar-refractivity contribution is 9.11. The number of carbonyl (C=O) groups is 3. The van der Waals surface area contributed by atoms with Gasteiger partial charge >= 0.3 is 12.0 Å². The molecule has 0 atom stereocenters. The maximum Gasteiger partial charge on any atom is 0.321 e. The van der Waals surface area contributed by atoms with Crippen molar-refractivity contribution < 1.29 is 19.5 Å². The summed E-state index contributed by atoms with van der Waals surface area (Å²) in [6.45, 7) is 3.67. The number of urea groups is 1. The Morgan fingerprint density at radius 1 is 1.27 bits per heavy atom. The topological polar surface area (TPSA) is 95.5 Å². The van der Waals surface area contributed by atoms with Crippen molar-refractivity contribution in [1.29, 1.82) is 0 Å². The summed E-state index contributed by atoms with van der Waals surface area (Å²) in [6, 6.07) is -0.675. The molecule has 0 fully saturated rings. The van der Waals surface area contributed by atoms with Crippen LogP contribution in [0.4, 0.5) is 4.79 Å². The number of hydrogen-bond acceptors (Lipinski definition) is 3. The Balaban J connectivity index is 3.71. The molecule has 0 spiro atoms. The van der Waals surface area contributed by atoms with Crippen LogP contribution in [0.15, 0.2) is 11.1 Å². The van der Waals surface area contributed by atoms with Gasteiger partial charge in [0.1, 0.15) is 0 Å². The molecule has 0 unspecified atom stereocenters. The quantitative estimate of drug-likeness (QED) is 0.686. The zero-order valence-electron chi connectivity index (χ0n) is 7.88. The summed E-state index contributed by atoms with van der Waals surface area (Å²) in [5.74, 6) is -1.71. The Morgan fingerprint density at radius 2 is 1.87 bits per heavy atom. The second-order valence-corrected chi connectivity index (χ2v) is 3.76. The number of nitrogens with one attached hydrogen (secondary N) is 2. The molecule has 3 N–H and O–H groups in total. The number of imide groups is 1. The highest BCUT2D eigenvalue weighted by Crippen LogP contribution is 1.96. The summed E-state index contributed by atoms with van der Waals surface area (Å²) in [4.78, 5) is 32.0. The lowest BCUT2D eigenvalue weighted by molar-refractivity contribution is -0.138. The van der Waals surface area contributed by atoms with E-state index in [-0.39, 0.29) is 19.4 Å². The monoisotopic (exact) mass is 278 g/mol. The second kappa shape index (κ2) is 6.99. The zero-order chi connectivity index (χ0) is 11.8. The fourth-order valence-electron chi connectivity index (χ4n) is 0.630.